The van der Waals surface area contributed by atoms with Crippen molar-refractivity contribution in [2.24, 2.45) is 5.92 Å². The summed E-state index contributed by atoms with van der Waals surface area (Å²) in [7, 11) is 0. The van der Waals surface area contributed by atoms with E-state index in [1.54, 1.807) is 0 Å². The smallest absolute Gasteiger partial charge is 0.234 e. The van der Waals surface area contributed by atoms with Gasteiger partial charge in [0, 0.05) is 22.5 Å². The van der Waals surface area contributed by atoms with Crippen molar-refractivity contribution >= 4 is 17.3 Å². The van der Waals surface area contributed by atoms with E-state index in [2.05, 4.69) is 0 Å². The fourth-order valence-electron chi connectivity index (χ4n) is 4.25. The van der Waals surface area contributed by atoms with Crippen molar-refractivity contribution in [3.63, 3.8) is 0 Å². The van der Waals surface area contributed by atoms with E-state index < -0.39 is 11.6 Å². The van der Waals surface area contributed by atoms with Crippen molar-refractivity contribution in [2.75, 3.05) is 13.2 Å². The molecule has 0 saturated heterocycles. The summed E-state index contributed by atoms with van der Waals surface area (Å²) in [5.74, 6) is -0.262. The molecule has 0 fully saturated rings. The van der Waals surface area contributed by atoms with Gasteiger partial charge >= 0.3 is 0 Å². The van der Waals surface area contributed by atoms with Gasteiger partial charge in [-0.3, -0.25) is 9.59 Å². The first kappa shape index (κ1) is 14.6. The lowest BCUT2D eigenvalue weighted by atomic mass is 9.68. The monoisotopic (exact) mass is 312 g/mol. The minimum absolute atomic E-state index is 0.0339. The van der Waals surface area contributed by atoms with Gasteiger partial charge in [0.05, 0.1) is 18.8 Å². The second-order valence-corrected chi connectivity index (χ2v) is 7.20. The molecule has 1 heterocycles. The number of rotatable bonds is 1. The van der Waals surface area contributed by atoms with Crippen LogP contribution in [0.1, 0.15) is 53.7 Å². The molecular weight excluding hydrogens is 292 g/mol. The van der Waals surface area contributed by atoms with Gasteiger partial charge in [-0.25, -0.2) is 0 Å². The van der Waals surface area contributed by atoms with Crippen LogP contribution in [0.2, 0.25) is 0 Å². The van der Waals surface area contributed by atoms with Crippen molar-refractivity contribution in [3.8, 4) is 0 Å². The highest BCUT2D eigenvalue weighted by Gasteiger charge is 2.43. The van der Waals surface area contributed by atoms with Crippen LogP contribution in [-0.4, -0.2) is 29.9 Å². The topological polar surface area (TPSA) is 63.6 Å². The molecule has 120 valence electrons. The second kappa shape index (κ2) is 4.78. The molecular formula is C19H20O4. The SMILES string of the molecule is CC1COC2=C1C(=O)C(=O)c1c2ccc2c1CCC[C@@]2(C)CO. The third-order valence-corrected chi connectivity index (χ3v) is 5.61. The summed E-state index contributed by atoms with van der Waals surface area (Å²) in [6, 6.07) is 3.90. The first-order valence-corrected chi connectivity index (χ1v) is 8.21. The molecule has 0 saturated carbocycles. The predicted octanol–water partition coefficient (Wildman–Crippen LogP) is 2.42. The van der Waals surface area contributed by atoms with Crippen LogP contribution in [0.3, 0.4) is 0 Å². The van der Waals surface area contributed by atoms with Crippen molar-refractivity contribution < 1.29 is 19.4 Å². The highest BCUT2D eigenvalue weighted by molar-refractivity contribution is 6.52. The van der Waals surface area contributed by atoms with E-state index in [-0.39, 0.29) is 17.9 Å². The Bertz CT molecular complexity index is 774. The predicted molar refractivity (Wildman–Crippen MR) is 85.2 cm³/mol. The summed E-state index contributed by atoms with van der Waals surface area (Å²) in [6.45, 7) is 4.43. The lowest BCUT2D eigenvalue weighted by molar-refractivity contribution is -0.112. The number of hydrogen-bond acceptors (Lipinski definition) is 4. The van der Waals surface area contributed by atoms with Gasteiger partial charge in [-0.05, 0) is 30.4 Å². The molecule has 4 nitrogen and oxygen atoms in total. The molecule has 0 bridgehead atoms. The minimum Gasteiger partial charge on any atom is -0.492 e. The molecule has 1 N–H and O–H groups in total. The molecule has 23 heavy (non-hydrogen) atoms. The Labute approximate surface area is 135 Å². The summed E-state index contributed by atoms with van der Waals surface area (Å²) in [6.07, 6.45) is 2.56. The van der Waals surface area contributed by atoms with E-state index in [0.29, 0.717) is 23.5 Å². The van der Waals surface area contributed by atoms with Gasteiger partial charge in [-0.2, -0.15) is 0 Å². The largest absolute Gasteiger partial charge is 0.492 e. The third-order valence-electron chi connectivity index (χ3n) is 5.61. The summed E-state index contributed by atoms with van der Waals surface area (Å²) < 4.78 is 5.74. The van der Waals surface area contributed by atoms with Crippen LogP contribution >= 0.6 is 0 Å². The van der Waals surface area contributed by atoms with Gasteiger partial charge in [-0.15, -0.1) is 0 Å². The molecule has 0 aromatic heterocycles. The van der Waals surface area contributed by atoms with Crippen LogP contribution in [0.5, 0.6) is 0 Å². The highest BCUT2D eigenvalue weighted by Crippen LogP contribution is 2.45. The van der Waals surface area contributed by atoms with Gasteiger partial charge in [0.25, 0.3) is 0 Å². The Morgan fingerprint density at radius 1 is 1.30 bits per heavy atom. The molecule has 2 aliphatic carbocycles. The Balaban J connectivity index is 2.00. The zero-order chi connectivity index (χ0) is 16.4. The number of fused-ring (bicyclic) bond motifs is 4. The maximum absolute atomic E-state index is 12.8. The molecule has 1 aliphatic heterocycles. The van der Waals surface area contributed by atoms with Crippen molar-refractivity contribution in [2.45, 2.75) is 38.5 Å². The number of ketones is 2. The molecule has 0 spiro atoms. The van der Waals surface area contributed by atoms with E-state index in [9.17, 15) is 14.7 Å². The lowest BCUT2D eigenvalue weighted by Gasteiger charge is -2.36. The zero-order valence-corrected chi connectivity index (χ0v) is 13.4. The molecule has 1 unspecified atom stereocenters. The van der Waals surface area contributed by atoms with Gasteiger partial charge in [0.2, 0.25) is 11.6 Å². The molecule has 2 atom stereocenters. The first-order valence-electron chi connectivity index (χ1n) is 8.21. The number of carbonyl (C=O) groups excluding carboxylic acids is 2. The normalized spacial score (nSPS) is 29.1. The Hall–Kier alpha value is -1.94. The standard InChI is InChI=1S/C19H20O4/c1-10-8-23-18-12-5-6-13-11(4-3-7-19(13,2)9-20)15(12)17(22)16(21)14(10)18/h5-6,10,20H,3-4,7-9H2,1-2H3/t10?,19-/m0/s1. The van der Waals surface area contributed by atoms with Crippen LogP contribution in [0.4, 0.5) is 0 Å². The zero-order valence-electron chi connectivity index (χ0n) is 13.4. The van der Waals surface area contributed by atoms with Crippen molar-refractivity contribution in [1.29, 1.82) is 0 Å². The van der Waals surface area contributed by atoms with Gasteiger partial charge < -0.3 is 9.84 Å². The number of carbonyl (C=O) groups is 2. The summed E-state index contributed by atoms with van der Waals surface area (Å²) >= 11 is 0. The van der Waals surface area contributed by atoms with E-state index in [1.807, 2.05) is 26.0 Å². The van der Waals surface area contributed by atoms with E-state index in [4.69, 9.17) is 4.74 Å². The molecule has 3 aliphatic rings. The summed E-state index contributed by atoms with van der Waals surface area (Å²) in [5.41, 5.74) is 3.39. The van der Waals surface area contributed by atoms with Crippen molar-refractivity contribution in [1.82, 2.24) is 0 Å². The fraction of sp³-hybridized carbons (Fsp3) is 0.474. The Kier molecular flexibility index (Phi) is 3.04. The number of benzene rings is 1. The molecule has 1 aromatic carbocycles. The fourth-order valence-corrected chi connectivity index (χ4v) is 4.25. The molecule has 4 rings (SSSR count). The quantitative estimate of drug-likeness (QED) is 0.809. The van der Waals surface area contributed by atoms with E-state index >= 15 is 0 Å². The third kappa shape index (κ3) is 1.81. The van der Waals surface area contributed by atoms with Crippen molar-refractivity contribution in [3.05, 3.63) is 40.0 Å². The van der Waals surface area contributed by atoms with Crippen LogP contribution in [0.25, 0.3) is 5.76 Å². The first-order chi connectivity index (χ1) is 11.0. The number of Topliss-reactive ketones (excluding diaryl/α,β-unsaturated/α-hetero) is 2. The van der Waals surface area contributed by atoms with Crippen LogP contribution in [0.15, 0.2) is 17.7 Å². The van der Waals surface area contributed by atoms with Crippen LogP contribution < -0.4 is 0 Å². The highest BCUT2D eigenvalue weighted by atomic mass is 16.5. The van der Waals surface area contributed by atoms with E-state index in [1.165, 1.54) is 0 Å². The van der Waals surface area contributed by atoms with Gasteiger partial charge in [0.1, 0.15) is 5.76 Å². The number of hydrogen-bond donors (Lipinski definition) is 1. The van der Waals surface area contributed by atoms with E-state index in [0.717, 1.165) is 36.0 Å². The number of aliphatic hydroxyl groups excluding tert-OH is 1. The maximum Gasteiger partial charge on any atom is 0.234 e. The van der Waals surface area contributed by atoms with Gasteiger partial charge in [0.15, 0.2) is 0 Å². The number of ether oxygens (including phenoxy) is 1. The average molecular weight is 312 g/mol. The van der Waals surface area contributed by atoms with Crippen LogP contribution in [0, 0.1) is 5.92 Å². The Morgan fingerprint density at radius 2 is 2.09 bits per heavy atom. The summed E-state index contributed by atoms with van der Waals surface area (Å²) in [4.78, 5) is 25.3. The Morgan fingerprint density at radius 3 is 2.83 bits per heavy atom. The molecule has 0 amide bonds. The minimum atomic E-state index is -0.415. The van der Waals surface area contributed by atoms with Gasteiger partial charge in [-0.1, -0.05) is 26.0 Å². The average Bonchev–Trinajstić information content (AvgIpc) is 2.94. The second-order valence-electron chi connectivity index (χ2n) is 7.20. The van der Waals surface area contributed by atoms with Crippen LogP contribution in [-0.2, 0) is 21.4 Å². The molecule has 0 radical (unpaired) electrons. The molecule has 4 heteroatoms. The lowest BCUT2D eigenvalue weighted by Crippen LogP contribution is -2.34. The maximum atomic E-state index is 12.8. The molecule has 1 aromatic rings. The number of aliphatic hydroxyl groups is 1. The summed E-state index contributed by atoms with van der Waals surface area (Å²) in [5, 5.41) is 9.82.